The maximum atomic E-state index is 7.88. The van der Waals surface area contributed by atoms with E-state index in [1.165, 1.54) is 0 Å². The van der Waals surface area contributed by atoms with Gasteiger partial charge < -0.3 is 5.11 Å². The molecule has 0 aliphatic rings. The number of aliphatic hydroxyl groups is 1. The quantitative estimate of drug-likeness (QED) is 0.641. The van der Waals surface area contributed by atoms with E-state index in [2.05, 4.69) is 0 Å². The van der Waals surface area contributed by atoms with Gasteiger partial charge >= 0.3 is 0 Å². The predicted molar refractivity (Wildman–Crippen MR) is 72.3 cm³/mol. The van der Waals surface area contributed by atoms with Crippen molar-refractivity contribution in [1.82, 2.24) is 0 Å². The van der Waals surface area contributed by atoms with E-state index in [0.29, 0.717) is 0 Å². The maximum Gasteiger partial charge on any atom is 0.130 e. The predicted octanol–water partition coefficient (Wildman–Crippen LogP) is 5.05. The summed E-state index contributed by atoms with van der Waals surface area (Å²) >= 11 is 38.5. The van der Waals surface area contributed by atoms with E-state index in [4.69, 9.17) is 97.9 Å². The van der Waals surface area contributed by atoms with Crippen molar-refractivity contribution < 1.29 is 5.11 Å². The summed E-state index contributed by atoms with van der Waals surface area (Å²) in [6, 6.07) is 0. The maximum absolute atomic E-state index is 7.88. The van der Waals surface area contributed by atoms with E-state index >= 15 is 0 Å². The van der Waals surface area contributed by atoms with E-state index in [9.17, 15) is 0 Å². The van der Waals surface area contributed by atoms with Crippen molar-refractivity contribution in [3.05, 3.63) is 0 Å². The van der Waals surface area contributed by atoms with Crippen molar-refractivity contribution in [1.29, 1.82) is 0 Å². The molecule has 14 heavy (non-hydrogen) atoms. The third-order valence-corrected chi connectivity index (χ3v) is 0.414. The normalized spacial score (nSPS) is 7.29. The van der Waals surface area contributed by atoms with Crippen LogP contribution in [0.1, 0.15) is 0 Å². The van der Waals surface area contributed by atoms with E-state index in [1.54, 1.807) is 0 Å². The van der Waals surface area contributed by atoms with Crippen molar-refractivity contribution >= 4 is 92.8 Å². The number of alkyl halides is 8. The Morgan fingerprint density at radius 1 is 0.714 bits per heavy atom. The Balaban J connectivity index is -0.0000000495. The van der Waals surface area contributed by atoms with E-state index in [-0.39, 0.29) is 22.6 Å². The fraction of sp³-hybridized carbons (Fsp3) is 1.00. The molecule has 92 valence electrons. The van der Waals surface area contributed by atoms with Gasteiger partial charge in [0.1, 0.15) is 4.84 Å². The zero-order chi connectivity index (χ0) is 12.4. The lowest BCUT2D eigenvalue weighted by molar-refractivity contribution is 0.313. The molecule has 1 nitrogen and oxygen atoms in total. The van der Waals surface area contributed by atoms with Crippen LogP contribution in [0.4, 0.5) is 0 Å². The lowest BCUT2D eigenvalue weighted by Gasteiger charge is -1.84. The topological polar surface area (TPSA) is 20.2 Å². The van der Waals surface area contributed by atoms with Crippen LogP contribution in [0.5, 0.6) is 0 Å². The molecular formula is C5H10Cl8O. The van der Waals surface area contributed by atoms with E-state index in [1.807, 2.05) is 0 Å². The van der Waals surface area contributed by atoms with Gasteiger partial charge in [0.25, 0.3) is 0 Å². The highest BCUT2D eigenvalue weighted by Gasteiger charge is 1.88. The molecule has 0 unspecified atom stereocenters. The summed E-state index contributed by atoms with van der Waals surface area (Å²) in [5.41, 5.74) is 0. The lowest BCUT2D eigenvalue weighted by Crippen LogP contribution is -1.90. The fourth-order valence-electron chi connectivity index (χ4n) is 0. The Bertz CT molecular complexity index is 50.2. The van der Waals surface area contributed by atoms with Gasteiger partial charge in [-0.05, 0) is 0 Å². The molecule has 0 saturated heterocycles. The zero-order valence-corrected chi connectivity index (χ0v) is 12.9. The average Bonchev–Trinajstić information content (AvgIpc) is 2.08. The largest absolute Gasteiger partial charge is 0.394 e. The smallest absolute Gasteiger partial charge is 0.130 e. The molecule has 0 fully saturated rings. The summed E-state index contributed by atoms with van der Waals surface area (Å²) in [7, 11) is 0. The molecule has 9 heteroatoms. The number of rotatable bonds is 1. The monoisotopic (exact) mass is 366 g/mol. The lowest BCUT2D eigenvalue weighted by atomic mass is 10.9. The van der Waals surface area contributed by atoms with Crippen molar-refractivity contribution in [2.24, 2.45) is 0 Å². The Hall–Kier alpha value is 2.28. The Morgan fingerprint density at radius 2 is 0.786 bits per heavy atom. The molecule has 0 spiro atoms. The van der Waals surface area contributed by atoms with Crippen LogP contribution in [0, 0.1) is 0 Å². The van der Waals surface area contributed by atoms with Crippen LogP contribution in [0.2, 0.25) is 0 Å². The van der Waals surface area contributed by atoms with Crippen LogP contribution in [-0.4, -0.2) is 32.6 Å². The highest BCUT2D eigenvalue weighted by molar-refractivity contribution is 6.44. The zero-order valence-electron chi connectivity index (χ0n) is 6.88. The van der Waals surface area contributed by atoms with Gasteiger partial charge in [0, 0.05) is 0 Å². The first kappa shape index (κ1) is 25.2. The molecule has 0 rings (SSSR count). The summed E-state index contributed by atoms with van der Waals surface area (Å²) < 4.78 is 0. The van der Waals surface area contributed by atoms with Crippen LogP contribution in [0.25, 0.3) is 0 Å². The van der Waals surface area contributed by atoms with Gasteiger partial charge in [0.15, 0.2) is 0 Å². The first-order valence-corrected chi connectivity index (χ1v) is 6.84. The van der Waals surface area contributed by atoms with E-state index < -0.39 is 4.84 Å². The highest BCUT2D eigenvalue weighted by Crippen LogP contribution is 1.96. The summed E-state index contributed by atoms with van der Waals surface area (Å²) in [4.78, 5) is -0.616. The fourth-order valence-corrected chi connectivity index (χ4v) is 0. The molecule has 0 aliphatic heterocycles. The third-order valence-electron chi connectivity index (χ3n) is 0.138. The molecule has 0 aromatic carbocycles. The van der Waals surface area contributed by atoms with Crippen LogP contribution < -0.4 is 0 Å². The Labute approximate surface area is 124 Å². The second-order valence-corrected chi connectivity index (χ2v) is 4.58. The molecule has 0 amide bonds. The highest BCUT2D eigenvalue weighted by atomic mass is 35.5. The second kappa shape index (κ2) is 36.2. The van der Waals surface area contributed by atoms with Gasteiger partial charge in [0.05, 0.1) is 22.6 Å². The molecule has 0 radical (unpaired) electrons. The van der Waals surface area contributed by atoms with Gasteiger partial charge in [-0.1, -0.05) is 0 Å². The minimum Gasteiger partial charge on any atom is -0.394 e. The standard InChI is InChI=1S/C2H4Cl2O.3CH2Cl2/c3-2(4)1-5;3*2-1-3/h2,5H,1H2;3*1H2. The minimum absolute atomic E-state index is 0.164. The summed E-state index contributed by atoms with van der Waals surface area (Å²) in [6.45, 7) is -0.164. The molecule has 0 bridgehead atoms. The Kier molecular flexibility index (Phi) is 65.1. The van der Waals surface area contributed by atoms with Gasteiger partial charge in [-0.25, -0.2) is 0 Å². The van der Waals surface area contributed by atoms with Crippen molar-refractivity contribution in [3.63, 3.8) is 0 Å². The minimum atomic E-state index is -0.616. The number of hydrogen-bond donors (Lipinski definition) is 1. The van der Waals surface area contributed by atoms with Gasteiger partial charge in [-0.3, -0.25) is 0 Å². The third kappa shape index (κ3) is 137. The van der Waals surface area contributed by atoms with Crippen LogP contribution in [-0.2, 0) is 0 Å². The first-order chi connectivity index (χ1) is 6.51. The number of aliphatic hydroxyl groups excluding tert-OH is 1. The van der Waals surface area contributed by atoms with Gasteiger partial charge in [-0.15, -0.1) is 92.8 Å². The van der Waals surface area contributed by atoms with Crippen molar-refractivity contribution in [3.8, 4) is 0 Å². The van der Waals surface area contributed by atoms with Crippen molar-refractivity contribution in [2.45, 2.75) is 4.84 Å². The Morgan fingerprint density at radius 3 is 0.786 bits per heavy atom. The van der Waals surface area contributed by atoms with E-state index in [0.717, 1.165) is 0 Å². The van der Waals surface area contributed by atoms with Gasteiger partial charge in [0.2, 0.25) is 0 Å². The molecule has 0 heterocycles. The molecule has 0 saturated carbocycles. The number of halogens is 8. The van der Waals surface area contributed by atoms with Crippen LogP contribution in [0.15, 0.2) is 0 Å². The molecule has 0 aliphatic carbocycles. The van der Waals surface area contributed by atoms with Crippen LogP contribution in [0.3, 0.4) is 0 Å². The first-order valence-electron chi connectivity index (χ1n) is 2.76. The molecule has 0 aromatic rings. The SMILES string of the molecule is ClCCl.ClCCl.ClCCl.OCC(Cl)Cl. The number of hydrogen-bond acceptors (Lipinski definition) is 1. The summed E-state index contributed by atoms with van der Waals surface area (Å²) in [5, 5.41) is 8.46. The van der Waals surface area contributed by atoms with Crippen molar-refractivity contribution in [2.75, 3.05) is 22.6 Å². The average molecular weight is 370 g/mol. The molecule has 1 N–H and O–H groups in total. The van der Waals surface area contributed by atoms with Gasteiger partial charge in [-0.2, -0.15) is 0 Å². The van der Waals surface area contributed by atoms with Crippen LogP contribution >= 0.6 is 92.8 Å². The summed E-state index contributed by atoms with van der Waals surface area (Å²) in [6.07, 6.45) is 0. The second-order valence-electron chi connectivity index (χ2n) is 0.877. The molecule has 0 aromatic heterocycles. The molecular weight excluding hydrogens is 360 g/mol. The summed E-state index contributed by atoms with van der Waals surface area (Å²) in [5.74, 6) is 0. The molecule has 0 atom stereocenters.